The highest BCUT2D eigenvalue weighted by atomic mass is 15.4. The lowest BCUT2D eigenvalue weighted by molar-refractivity contribution is 0.934. The van der Waals surface area contributed by atoms with Gasteiger partial charge in [0.25, 0.3) is 0 Å². The van der Waals surface area contributed by atoms with Crippen molar-refractivity contribution >= 4 is 28.5 Å². The maximum atomic E-state index is 4.48. The number of aromatic nitrogens is 4. The van der Waals surface area contributed by atoms with Gasteiger partial charge in [-0.15, -0.1) is 15.3 Å². The van der Waals surface area contributed by atoms with Crippen molar-refractivity contribution in [2.75, 3.05) is 5.43 Å². The third kappa shape index (κ3) is 2.40. The number of rotatable bonds is 3. The van der Waals surface area contributed by atoms with E-state index in [1.807, 2.05) is 42.5 Å². The first-order chi connectivity index (χ1) is 11.3. The van der Waals surface area contributed by atoms with E-state index in [9.17, 15) is 0 Å². The molecule has 0 aliphatic carbocycles. The molecule has 6 heteroatoms. The van der Waals surface area contributed by atoms with E-state index in [-0.39, 0.29) is 0 Å². The van der Waals surface area contributed by atoms with Gasteiger partial charge in [-0.25, -0.2) is 0 Å². The molecule has 0 bridgehead atoms. The fourth-order valence-electron chi connectivity index (χ4n) is 2.50. The number of hydrazone groups is 1. The highest BCUT2D eigenvalue weighted by Gasteiger charge is 2.08. The van der Waals surface area contributed by atoms with Crippen molar-refractivity contribution in [3.05, 3.63) is 66.0 Å². The fraction of sp³-hybridized carbons (Fsp3) is 0.0588. The lowest BCUT2D eigenvalue weighted by Gasteiger charge is -2.06. The minimum absolute atomic E-state index is 0.665. The van der Waals surface area contributed by atoms with Crippen molar-refractivity contribution in [2.45, 2.75) is 6.92 Å². The van der Waals surface area contributed by atoms with Gasteiger partial charge >= 0.3 is 0 Å². The van der Waals surface area contributed by atoms with Crippen molar-refractivity contribution in [1.29, 1.82) is 0 Å². The van der Waals surface area contributed by atoms with Gasteiger partial charge < -0.3 is 0 Å². The number of nitrogens with one attached hydrogen (secondary N) is 1. The van der Waals surface area contributed by atoms with Crippen LogP contribution >= 0.6 is 0 Å². The molecule has 0 saturated heterocycles. The third-order valence-electron chi connectivity index (χ3n) is 3.72. The number of hydrogen-bond acceptors (Lipinski definition) is 5. The van der Waals surface area contributed by atoms with E-state index < -0.39 is 0 Å². The second-order valence-electron chi connectivity index (χ2n) is 5.22. The molecule has 0 atom stereocenters. The Balaban J connectivity index is 1.74. The molecule has 2 aromatic heterocycles. The molecule has 6 nitrogen and oxygen atoms in total. The van der Waals surface area contributed by atoms with Gasteiger partial charge in [-0.1, -0.05) is 48.5 Å². The van der Waals surface area contributed by atoms with Crippen LogP contribution in [0.4, 0.5) is 5.82 Å². The lowest BCUT2D eigenvalue weighted by Crippen LogP contribution is -2.00. The number of fused-ring (bicyclic) bond motifs is 3. The van der Waals surface area contributed by atoms with Gasteiger partial charge in [-0.3, -0.25) is 5.43 Å². The first-order valence-corrected chi connectivity index (χ1v) is 7.26. The Bertz CT molecular complexity index is 1020. The number of nitrogens with zero attached hydrogens (tertiary/aromatic N) is 5. The van der Waals surface area contributed by atoms with Crippen LogP contribution in [-0.2, 0) is 0 Å². The van der Waals surface area contributed by atoms with E-state index >= 15 is 0 Å². The summed E-state index contributed by atoms with van der Waals surface area (Å²) in [7, 11) is 0. The van der Waals surface area contributed by atoms with Gasteiger partial charge in [-0.2, -0.15) is 9.62 Å². The zero-order chi connectivity index (χ0) is 15.6. The average molecular weight is 302 g/mol. The third-order valence-corrected chi connectivity index (χ3v) is 3.72. The predicted molar refractivity (Wildman–Crippen MR) is 90.7 cm³/mol. The highest BCUT2D eigenvalue weighted by Crippen LogP contribution is 2.23. The van der Waals surface area contributed by atoms with Crippen LogP contribution in [0.5, 0.6) is 0 Å². The van der Waals surface area contributed by atoms with Gasteiger partial charge in [0.15, 0.2) is 11.5 Å². The van der Waals surface area contributed by atoms with E-state index in [1.54, 1.807) is 17.1 Å². The van der Waals surface area contributed by atoms with E-state index in [2.05, 4.69) is 38.8 Å². The van der Waals surface area contributed by atoms with Gasteiger partial charge in [0.2, 0.25) is 0 Å². The van der Waals surface area contributed by atoms with Gasteiger partial charge in [-0.05, 0) is 18.1 Å². The number of hydrogen-bond donors (Lipinski definition) is 1. The molecule has 0 unspecified atom stereocenters. The van der Waals surface area contributed by atoms with Crippen molar-refractivity contribution in [2.24, 2.45) is 5.10 Å². The maximum absolute atomic E-state index is 4.48. The summed E-state index contributed by atoms with van der Waals surface area (Å²) in [5.41, 5.74) is 5.99. The molecule has 0 fully saturated rings. The van der Waals surface area contributed by atoms with E-state index in [0.29, 0.717) is 5.82 Å². The number of aryl methyl sites for hydroxylation is 1. The molecule has 0 spiro atoms. The molecule has 23 heavy (non-hydrogen) atoms. The molecule has 4 aromatic rings. The Morgan fingerprint density at radius 2 is 1.83 bits per heavy atom. The van der Waals surface area contributed by atoms with Gasteiger partial charge in [0, 0.05) is 10.8 Å². The summed E-state index contributed by atoms with van der Waals surface area (Å²) < 4.78 is 1.65. The molecule has 0 aliphatic rings. The van der Waals surface area contributed by atoms with Gasteiger partial charge in [0.05, 0.1) is 6.21 Å². The van der Waals surface area contributed by atoms with E-state index in [0.717, 1.165) is 22.0 Å². The lowest BCUT2D eigenvalue weighted by atomic mass is 10.1. The molecule has 2 heterocycles. The van der Waals surface area contributed by atoms with Crippen LogP contribution in [0.3, 0.4) is 0 Å². The van der Waals surface area contributed by atoms with Crippen molar-refractivity contribution in [1.82, 2.24) is 19.8 Å². The van der Waals surface area contributed by atoms with Crippen LogP contribution in [0, 0.1) is 6.92 Å². The number of benzene rings is 2. The summed E-state index contributed by atoms with van der Waals surface area (Å²) in [6.07, 6.45) is 3.38. The van der Waals surface area contributed by atoms with Crippen LogP contribution in [0.15, 0.2) is 60.0 Å². The molecule has 0 amide bonds. The molecular weight excluding hydrogens is 288 g/mol. The maximum Gasteiger partial charge on any atom is 0.185 e. The molecule has 112 valence electrons. The van der Waals surface area contributed by atoms with Crippen LogP contribution in [-0.4, -0.2) is 26.0 Å². The smallest absolute Gasteiger partial charge is 0.185 e. The van der Waals surface area contributed by atoms with Crippen LogP contribution in [0.25, 0.3) is 16.4 Å². The zero-order valence-electron chi connectivity index (χ0n) is 12.5. The SMILES string of the molecule is Cc1ccccc1C=NNc1nn2cnnc2c2ccccc12. The Hall–Kier alpha value is -3.28. The fourth-order valence-corrected chi connectivity index (χ4v) is 2.50. The van der Waals surface area contributed by atoms with Gasteiger partial charge in [0.1, 0.15) is 6.33 Å². The zero-order valence-corrected chi connectivity index (χ0v) is 12.5. The largest absolute Gasteiger partial charge is 0.259 e. The summed E-state index contributed by atoms with van der Waals surface area (Å²) in [6.45, 7) is 2.05. The summed E-state index contributed by atoms with van der Waals surface area (Å²) in [6, 6.07) is 16.0. The van der Waals surface area contributed by atoms with Crippen LogP contribution < -0.4 is 5.43 Å². The topological polar surface area (TPSA) is 67.5 Å². The van der Waals surface area contributed by atoms with Crippen molar-refractivity contribution in [3.63, 3.8) is 0 Å². The summed E-state index contributed by atoms with van der Waals surface area (Å²) >= 11 is 0. The monoisotopic (exact) mass is 302 g/mol. The van der Waals surface area contributed by atoms with Crippen LogP contribution in [0.2, 0.25) is 0 Å². The Labute approximate surface area is 132 Å². The van der Waals surface area contributed by atoms with Crippen LogP contribution in [0.1, 0.15) is 11.1 Å². The first kappa shape index (κ1) is 13.4. The number of anilines is 1. The highest BCUT2D eigenvalue weighted by molar-refractivity contribution is 5.99. The predicted octanol–water partition coefficient (Wildman–Crippen LogP) is 3.03. The quantitative estimate of drug-likeness (QED) is 0.466. The molecule has 4 rings (SSSR count). The van der Waals surface area contributed by atoms with E-state index in [1.165, 1.54) is 5.56 Å². The molecular formula is C17H14N6. The Morgan fingerprint density at radius 1 is 1.04 bits per heavy atom. The second-order valence-corrected chi connectivity index (χ2v) is 5.22. The average Bonchev–Trinajstić information content (AvgIpc) is 3.05. The molecule has 0 aliphatic heterocycles. The second kappa shape index (κ2) is 5.49. The Kier molecular flexibility index (Phi) is 3.20. The summed E-state index contributed by atoms with van der Waals surface area (Å²) in [4.78, 5) is 0. The minimum Gasteiger partial charge on any atom is -0.259 e. The summed E-state index contributed by atoms with van der Waals surface area (Å²) in [5, 5.41) is 18.8. The molecule has 1 N–H and O–H groups in total. The van der Waals surface area contributed by atoms with E-state index in [4.69, 9.17) is 0 Å². The molecule has 0 radical (unpaired) electrons. The Morgan fingerprint density at radius 3 is 2.70 bits per heavy atom. The minimum atomic E-state index is 0.665. The molecule has 0 saturated carbocycles. The summed E-state index contributed by atoms with van der Waals surface area (Å²) in [5.74, 6) is 0.665. The van der Waals surface area contributed by atoms with Crippen molar-refractivity contribution in [3.8, 4) is 0 Å². The van der Waals surface area contributed by atoms with Crippen molar-refractivity contribution < 1.29 is 0 Å². The normalized spacial score (nSPS) is 11.5. The first-order valence-electron chi connectivity index (χ1n) is 7.26. The molecule has 2 aromatic carbocycles. The standard InChI is InChI=1S/C17H14N6/c1-12-6-2-3-7-13(12)10-18-20-16-14-8-4-5-9-15(14)17-21-19-11-23(17)22-16/h2-11H,1H3,(H,20,22).